The first-order valence-corrected chi connectivity index (χ1v) is 5.73. The molecule has 1 rings (SSSR count). The van der Waals surface area contributed by atoms with E-state index in [2.05, 4.69) is 11.9 Å². The summed E-state index contributed by atoms with van der Waals surface area (Å²) in [7, 11) is 0. The van der Waals surface area contributed by atoms with Crippen molar-refractivity contribution in [1.29, 1.82) is 0 Å². The van der Waals surface area contributed by atoms with Crippen LogP contribution in [0.15, 0.2) is 30.9 Å². The molecule has 17 heavy (non-hydrogen) atoms. The molecule has 0 saturated heterocycles. The number of hydrogen-bond acceptors (Lipinski definition) is 3. The number of nitro benzene ring substituents is 1. The van der Waals surface area contributed by atoms with Crippen molar-refractivity contribution in [3.05, 3.63) is 46.0 Å². The molecule has 0 aliphatic heterocycles. The van der Waals surface area contributed by atoms with Crippen LogP contribution in [-0.4, -0.2) is 11.0 Å². The Morgan fingerprint density at radius 2 is 2.35 bits per heavy atom. The molecule has 0 fully saturated rings. The molecule has 0 heterocycles. The average molecular weight is 255 g/mol. The Labute approximate surface area is 105 Å². The minimum absolute atomic E-state index is 0.0763. The van der Waals surface area contributed by atoms with Gasteiger partial charge in [0.05, 0.1) is 4.92 Å². The Balaban J connectivity index is 2.75. The zero-order chi connectivity index (χ0) is 12.8. The van der Waals surface area contributed by atoms with Crippen molar-refractivity contribution in [2.75, 3.05) is 5.32 Å². The van der Waals surface area contributed by atoms with Gasteiger partial charge in [0.2, 0.25) is 0 Å². The minimum Gasteiger partial charge on any atom is -0.382 e. The number of hydrogen-bond donors (Lipinski definition) is 1. The molecule has 1 atom stereocenters. The van der Waals surface area contributed by atoms with Gasteiger partial charge in [-0.1, -0.05) is 17.7 Å². The van der Waals surface area contributed by atoms with Crippen molar-refractivity contribution in [2.24, 2.45) is 0 Å². The molecule has 5 heteroatoms. The highest BCUT2D eigenvalue weighted by atomic mass is 35.5. The van der Waals surface area contributed by atoms with Crippen molar-refractivity contribution < 1.29 is 4.92 Å². The molecule has 0 amide bonds. The van der Waals surface area contributed by atoms with Gasteiger partial charge in [-0.05, 0) is 31.9 Å². The van der Waals surface area contributed by atoms with E-state index >= 15 is 0 Å². The summed E-state index contributed by atoms with van der Waals surface area (Å²) in [5, 5.41) is 14.1. The Morgan fingerprint density at radius 3 is 2.94 bits per heavy atom. The van der Waals surface area contributed by atoms with Crippen LogP contribution in [-0.2, 0) is 0 Å². The van der Waals surface area contributed by atoms with Gasteiger partial charge in [0.1, 0.15) is 5.02 Å². The molecule has 0 saturated carbocycles. The summed E-state index contributed by atoms with van der Waals surface area (Å²) in [5.74, 6) is 0. The van der Waals surface area contributed by atoms with Gasteiger partial charge in [0, 0.05) is 17.8 Å². The predicted octanol–water partition coefficient (Wildman–Crippen LogP) is 4.01. The van der Waals surface area contributed by atoms with Crippen molar-refractivity contribution in [1.82, 2.24) is 0 Å². The van der Waals surface area contributed by atoms with Gasteiger partial charge in [-0.15, -0.1) is 6.58 Å². The summed E-state index contributed by atoms with van der Waals surface area (Å²) in [6.45, 7) is 5.67. The fraction of sp³-hybridized carbons (Fsp3) is 0.333. The zero-order valence-corrected chi connectivity index (χ0v) is 10.4. The number of rotatable bonds is 6. The summed E-state index contributed by atoms with van der Waals surface area (Å²) in [5.41, 5.74) is 0.630. The van der Waals surface area contributed by atoms with E-state index < -0.39 is 4.92 Å². The number of nitro groups is 1. The van der Waals surface area contributed by atoms with Crippen LogP contribution in [0.4, 0.5) is 11.4 Å². The Hall–Kier alpha value is -1.55. The second-order valence-corrected chi connectivity index (χ2v) is 4.24. The van der Waals surface area contributed by atoms with Gasteiger partial charge in [-0.25, -0.2) is 0 Å². The number of anilines is 1. The molecule has 0 spiro atoms. The average Bonchev–Trinajstić information content (AvgIpc) is 2.28. The van der Waals surface area contributed by atoms with E-state index in [4.69, 9.17) is 11.6 Å². The molecule has 4 nitrogen and oxygen atoms in total. The summed E-state index contributed by atoms with van der Waals surface area (Å²) in [6, 6.07) is 4.95. The molecule has 1 N–H and O–H groups in total. The number of nitrogens with one attached hydrogen (secondary N) is 1. The lowest BCUT2D eigenvalue weighted by Crippen LogP contribution is -2.14. The van der Waals surface area contributed by atoms with E-state index in [1.54, 1.807) is 6.07 Å². The molecule has 1 aromatic carbocycles. The maximum Gasteiger partial charge on any atom is 0.289 e. The highest BCUT2D eigenvalue weighted by Gasteiger charge is 2.13. The maximum absolute atomic E-state index is 10.7. The fourth-order valence-corrected chi connectivity index (χ4v) is 1.65. The maximum atomic E-state index is 10.7. The number of benzene rings is 1. The number of allylic oxidation sites excluding steroid dienone is 1. The van der Waals surface area contributed by atoms with E-state index in [1.807, 2.05) is 13.0 Å². The van der Waals surface area contributed by atoms with E-state index in [0.29, 0.717) is 5.69 Å². The van der Waals surface area contributed by atoms with Crippen LogP contribution in [0.3, 0.4) is 0 Å². The van der Waals surface area contributed by atoms with Crippen molar-refractivity contribution >= 4 is 23.0 Å². The smallest absolute Gasteiger partial charge is 0.289 e. The molecular weight excluding hydrogens is 240 g/mol. The van der Waals surface area contributed by atoms with Crippen LogP contribution in [0.2, 0.25) is 5.02 Å². The second kappa shape index (κ2) is 6.25. The quantitative estimate of drug-likeness (QED) is 0.474. The zero-order valence-electron chi connectivity index (χ0n) is 9.65. The molecular formula is C12H15ClN2O2. The summed E-state index contributed by atoms with van der Waals surface area (Å²) in [4.78, 5) is 10.2. The van der Waals surface area contributed by atoms with Crippen LogP contribution >= 0.6 is 11.6 Å². The molecule has 0 aliphatic rings. The molecule has 0 bridgehead atoms. The van der Waals surface area contributed by atoms with Gasteiger partial charge in [0.15, 0.2) is 0 Å². The molecule has 1 unspecified atom stereocenters. The fourth-order valence-electron chi connectivity index (χ4n) is 1.47. The second-order valence-electron chi connectivity index (χ2n) is 3.83. The van der Waals surface area contributed by atoms with Crippen molar-refractivity contribution in [3.63, 3.8) is 0 Å². The normalized spacial score (nSPS) is 11.9. The SMILES string of the molecule is C=CCCC(C)Nc1ccc(Cl)c([N+](=O)[O-])c1. The van der Waals surface area contributed by atoms with Crippen molar-refractivity contribution in [3.8, 4) is 0 Å². The third-order valence-corrected chi connectivity index (χ3v) is 2.68. The summed E-state index contributed by atoms with van der Waals surface area (Å²) in [6.07, 6.45) is 3.69. The predicted molar refractivity (Wildman–Crippen MR) is 70.6 cm³/mol. The highest BCUT2D eigenvalue weighted by Crippen LogP contribution is 2.27. The van der Waals surface area contributed by atoms with E-state index in [0.717, 1.165) is 12.8 Å². The van der Waals surface area contributed by atoms with Gasteiger partial charge in [0.25, 0.3) is 5.69 Å². The topological polar surface area (TPSA) is 55.2 Å². The monoisotopic (exact) mass is 254 g/mol. The molecule has 92 valence electrons. The van der Waals surface area contributed by atoms with Crippen LogP contribution in [0.1, 0.15) is 19.8 Å². The minimum atomic E-state index is -0.484. The van der Waals surface area contributed by atoms with Gasteiger partial charge in [-0.2, -0.15) is 0 Å². The molecule has 0 radical (unpaired) electrons. The Bertz CT molecular complexity index is 421. The van der Waals surface area contributed by atoms with Crippen LogP contribution < -0.4 is 5.32 Å². The van der Waals surface area contributed by atoms with Gasteiger partial charge in [-0.3, -0.25) is 10.1 Å². The summed E-state index contributed by atoms with van der Waals surface area (Å²) >= 11 is 5.73. The first-order valence-electron chi connectivity index (χ1n) is 5.36. The molecule has 1 aromatic rings. The molecule has 0 aliphatic carbocycles. The highest BCUT2D eigenvalue weighted by molar-refractivity contribution is 6.32. The third-order valence-electron chi connectivity index (χ3n) is 2.36. The van der Waals surface area contributed by atoms with Crippen LogP contribution in [0.5, 0.6) is 0 Å². The van der Waals surface area contributed by atoms with E-state index in [9.17, 15) is 10.1 Å². The van der Waals surface area contributed by atoms with Gasteiger partial charge >= 0.3 is 0 Å². The lowest BCUT2D eigenvalue weighted by Gasteiger charge is -2.14. The first-order chi connectivity index (χ1) is 8.04. The Morgan fingerprint density at radius 1 is 1.65 bits per heavy atom. The lowest BCUT2D eigenvalue weighted by atomic mass is 10.1. The van der Waals surface area contributed by atoms with Gasteiger partial charge < -0.3 is 5.32 Å². The number of halogens is 1. The van der Waals surface area contributed by atoms with Crippen LogP contribution in [0.25, 0.3) is 0 Å². The first kappa shape index (κ1) is 13.5. The standard InChI is InChI=1S/C12H15ClN2O2/c1-3-4-5-9(2)14-10-6-7-11(13)12(8-10)15(16)17/h3,6-9,14H,1,4-5H2,2H3. The number of nitrogens with zero attached hydrogens (tertiary/aromatic N) is 1. The van der Waals surface area contributed by atoms with E-state index in [-0.39, 0.29) is 16.8 Å². The summed E-state index contributed by atoms with van der Waals surface area (Å²) < 4.78 is 0. The van der Waals surface area contributed by atoms with Crippen LogP contribution in [0, 0.1) is 10.1 Å². The lowest BCUT2D eigenvalue weighted by molar-refractivity contribution is -0.384. The van der Waals surface area contributed by atoms with Crippen molar-refractivity contribution in [2.45, 2.75) is 25.8 Å². The third kappa shape index (κ3) is 4.07. The Kier molecular flexibility index (Phi) is 4.97. The largest absolute Gasteiger partial charge is 0.382 e. The molecule has 0 aromatic heterocycles. The van der Waals surface area contributed by atoms with E-state index in [1.165, 1.54) is 12.1 Å².